The molecule has 0 bridgehead atoms. The second kappa shape index (κ2) is 3.75. The van der Waals surface area contributed by atoms with Gasteiger partial charge < -0.3 is 0 Å². The summed E-state index contributed by atoms with van der Waals surface area (Å²) in [5.41, 5.74) is -0.391. The zero-order valence-corrected chi connectivity index (χ0v) is 7.28. The Kier molecular flexibility index (Phi) is 2.97. The van der Waals surface area contributed by atoms with E-state index in [1.807, 2.05) is 0 Å². The molecule has 0 fully saturated rings. The lowest BCUT2D eigenvalue weighted by Gasteiger charge is -2.19. The first kappa shape index (κ1) is 11.9. The molecule has 0 saturated carbocycles. The molecule has 0 nitrogen and oxygen atoms in total. The zero-order chi connectivity index (χ0) is 11.7. The van der Waals surface area contributed by atoms with Gasteiger partial charge in [-0.05, 0) is 17.7 Å². The van der Waals surface area contributed by atoms with E-state index < -0.39 is 29.9 Å². The van der Waals surface area contributed by atoms with Gasteiger partial charge in [-0.1, -0.05) is 12.1 Å². The van der Waals surface area contributed by atoms with E-state index in [1.54, 1.807) is 0 Å². The van der Waals surface area contributed by atoms with Crippen molar-refractivity contribution in [3.8, 4) is 0 Å². The fraction of sp³-hybridized carbons (Fsp3) is 0.333. The van der Waals surface area contributed by atoms with Crippen LogP contribution >= 0.6 is 0 Å². The largest absolute Gasteiger partial charge is 0.453 e. The molecule has 0 aliphatic heterocycles. The molecule has 84 valence electrons. The lowest BCUT2D eigenvalue weighted by atomic mass is 10.1. The summed E-state index contributed by atoms with van der Waals surface area (Å²) in [6.45, 7) is 0. The summed E-state index contributed by atoms with van der Waals surface area (Å²) in [5, 5.41) is 0. The minimum absolute atomic E-state index is 0.391. The van der Waals surface area contributed by atoms with Crippen LogP contribution in [-0.2, 0) is 6.42 Å². The molecule has 1 aromatic rings. The predicted octanol–water partition coefficient (Wildman–Crippen LogP) is 3.57. The van der Waals surface area contributed by atoms with Crippen LogP contribution in [0.2, 0.25) is 0 Å². The molecule has 0 N–H and O–H groups in total. The average Bonchev–Trinajstić information content (AvgIpc) is 2.00. The molecule has 0 amide bonds. The van der Waals surface area contributed by atoms with Crippen molar-refractivity contribution in [3.05, 3.63) is 35.6 Å². The standard InChI is InChI=1S/C9H6F6/c10-7-3-1-2-6(4-7)5-8(11,12)9(13,14)15/h1-4H,5H2. The molecule has 6 heteroatoms. The van der Waals surface area contributed by atoms with E-state index in [-0.39, 0.29) is 0 Å². The van der Waals surface area contributed by atoms with Crippen molar-refractivity contribution >= 4 is 0 Å². The van der Waals surface area contributed by atoms with Crippen LogP contribution in [0, 0.1) is 5.82 Å². The fourth-order valence-electron chi connectivity index (χ4n) is 1.00. The van der Waals surface area contributed by atoms with Crippen LogP contribution in [0.1, 0.15) is 5.56 Å². The zero-order valence-electron chi connectivity index (χ0n) is 7.28. The van der Waals surface area contributed by atoms with Crippen molar-refractivity contribution in [2.24, 2.45) is 0 Å². The highest BCUT2D eigenvalue weighted by molar-refractivity contribution is 5.18. The van der Waals surface area contributed by atoms with Crippen LogP contribution in [0.4, 0.5) is 26.3 Å². The van der Waals surface area contributed by atoms with Crippen LogP contribution in [0.25, 0.3) is 0 Å². The molecule has 0 aromatic heterocycles. The first-order valence-electron chi connectivity index (χ1n) is 3.91. The van der Waals surface area contributed by atoms with Crippen molar-refractivity contribution in [3.63, 3.8) is 0 Å². The van der Waals surface area contributed by atoms with Gasteiger partial charge in [0.25, 0.3) is 0 Å². The third kappa shape index (κ3) is 2.87. The van der Waals surface area contributed by atoms with Crippen molar-refractivity contribution < 1.29 is 26.3 Å². The Morgan fingerprint density at radius 3 is 2.07 bits per heavy atom. The van der Waals surface area contributed by atoms with E-state index in [0.29, 0.717) is 6.07 Å². The molecule has 0 heterocycles. The van der Waals surface area contributed by atoms with E-state index in [4.69, 9.17) is 0 Å². The maximum atomic E-state index is 12.5. The van der Waals surface area contributed by atoms with Crippen molar-refractivity contribution in [2.45, 2.75) is 18.5 Å². The van der Waals surface area contributed by atoms with Gasteiger partial charge in [-0.2, -0.15) is 22.0 Å². The Morgan fingerprint density at radius 1 is 1.00 bits per heavy atom. The second-order valence-electron chi connectivity index (χ2n) is 3.01. The summed E-state index contributed by atoms with van der Waals surface area (Å²) in [7, 11) is 0. The van der Waals surface area contributed by atoms with E-state index >= 15 is 0 Å². The number of halogens is 6. The van der Waals surface area contributed by atoms with E-state index in [2.05, 4.69) is 0 Å². The first-order chi connectivity index (χ1) is 6.72. The van der Waals surface area contributed by atoms with E-state index in [9.17, 15) is 26.3 Å². The molecular weight excluding hydrogens is 222 g/mol. The number of hydrogen-bond donors (Lipinski definition) is 0. The predicted molar refractivity (Wildman–Crippen MR) is 41.1 cm³/mol. The Hall–Kier alpha value is -1.20. The SMILES string of the molecule is Fc1cccc(CC(F)(F)C(F)(F)F)c1. The summed E-state index contributed by atoms with van der Waals surface area (Å²) >= 11 is 0. The third-order valence-electron chi connectivity index (χ3n) is 1.73. The molecular formula is C9H6F6. The highest BCUT2D eigenvalue weighted by Gasteiger charge is 2.57. The molecule has 0 aliphatic rings. The Labute approximate surface area is 81.5 Å². The summed E-state index contributed by atoms with van der Waals surface area (Å²) in [5.74, 6) is -5.67. The maximum Gasteiger partial charge on any atom is 0.453 e. The summed E-state index contributed by atoms with van der Waals surface area (Å²) in [6, 6.07) is 3.72. The molecule has 0 saturated heterocycles. The van der Waals surface area contributed by atoms with Gasteiger partial charge in [-0.3, -0.25) is 0 Å². The lowest BCUT2D eigenvalue weighted by molar-refractivity contribution is -0.281. The lowest BCUT2D eigenvalue weighted by Crippen LogP contribution is -2.38. The van der Waals surface area contributed by atoms with Crippen molar-refractivity contribution in [1.29, 1.82) is 0 Å². The topological polar surface area (TPSA) is 0 Å². The molecule has 0 unspecified atom stereocenters. The van der Waals surface area contributed by atoms with Crippen LogP contribution in [0.5, 0.6) is 0 Å². The highest BCUT2D eigenvalue weighted by Crippen LogP contribution is 2.37. The fourth-order valence-corrected chi connectivity index (χ4v) is 1.00. The highest BCUT2D eigenvalue weighted by atomic mass is 19.4. The van der Waals surface area contributed by atoms with Crippen molar-refractivity contribution in [2.75, 3.05) is 0 Å². The molecule has 0 aliphatic carbocycles. The Bertz CT molecular complexity index is 341. The number of hydrogen-bond acceptors (Lipinski definition) is 0. The smallest absolute Gasteiger partial charge is 0.207 e. The van der Waals surface area contributed by atoms with Gasteiger partial charge in [0.15, 0.2) is 0 Å². The first-order valence-corrected chi connectivity index (χ1v) is 3.91. The van der Waals surface area contributed by atoms with Crippen LogP contribution < -0.4 is 0 Å². The van der Waals surface area contributed by atoms with Gasteiger partial charge >= 0.3 is 12.1 Å². The summed E-state index contributed by atoms with van der Waals surface area (Å²) in [4.78, 5) is 0. The van der Waals surface area contributed by atoms with E-state index in [0.717, 1.165) is 18.2 Å². The van der Waals surface area contributed by atoms with Gasteiger partial charge in [0, 0.05) is 6.42 Å². The summed E-state index contributed by atoms with van der Waals surface area (Å²) < 4.78 is 72.8. The van der Waals surface area contributed by atoms with Crippen molar-refractivity contribution in [1.82, 2.24) is 0 Å². The summed E-state index contributed by atoms with van der Waals surface area (Å²) in [6.07, 6.45) is -7.16. The second-order valence-corrected chi connectivity index (χ2v) is 3.01. The molecule has 0 spiro atoms. The minimum atomic E-state index is -5.61. The molecule has 1 aromatic carbocycles. The van der Waals surface area contributed by atoms with Gasteiger partial charge in [-0.25, -0.2) is 4.39 Å². The molecule has 0 radical (unpaired) electrons. The monoisotopic (exact) mass is 228 g/mol. The Balaban J connectivity index is 2.87. The van der Waals surface area contributed by atoms with Crippen LogP contribution in [0.15, 0.2) is 24.3 Å². The number of rotatable bonds is 2. The molecule has 1 rings (SSSR count). The van der Waals surface area contributed by atoms with Gasteiger partial charge in [0.2, 0.25) is 0 Å². The number of benzene rings is 1. The molecule has 0 atom stereocenters. The van der Waals surface area contributed by atoms with Crippen LogP contribution in [0.3, 0.4) is 0 Å². The quantitative estimate of drug-likeness (QED) is 0.679. The van der Waals surface area contributed by atoms with Crippen LogP contribution in [-0.4, -0.2) is 12.1 Å². The minimum Gasteiger partial charge on any atom is -0.207 e. The third-order valence-corrected chi connectivity index (χ3v) is 1.73. The Morgan fingerprint density at radius 2 is 1.60 bits per heavy atom. The van der Waals surface area contributed by atoms with E-state index in [1.165, 1.54) is 0 Å². The molecule has 15 heavy (non-hydrogen) atoms. The van der Waals surface area contributed by atoms with Gasteiger partial charge in [0.05, 0.1) is 0 Å². The normalized spacial score (nSPS) is 12.9. The average molecular weight is 228 g/mol. The maximum absolute atomic E-state index is 12.5. The van der Waals surface area contributed by atoms with Gasteiger partial charge in [0.1, 0.15) is 5.82 Å². The number of alkyl halides is 5. The van der Waals surface area contributed by atoms with Gasteiger partial charge in [-0.15, -0.1) is 0 Å².